The number of amides is 7. The number of carbonyl (C=O) groups is 9. The molecule has 1 aromatic rings. The lowest BCUT2D eigenvalue weighted by molar-refractivity contribution is -0.148. The SMILES string of the molecule is CC(C)CC(NC(=O)C(NC(=O)C(N)Cc1ccc(O)cc1)C(C)O)C(=O)N1CCCC1C(=O)N1CCCC1C(=O)NC(CO)C(=O)NC(CCCN=C(N)N)C(=O)NC(CCC(=O)O)C(=O)O. The van der Waals surface area contributed by atoms with Gasteiger partial charge in [0.1, 0.15) is 48.0 Å². The summed E-state index contributed by atoms with van der Waals surface area (Å²) in [7, 11) is 0. The standard InChI is InChI=1S/C43H67N11O14/c1-22(2)19-29(50-39(64)34(23(3)56)52-35(60)26(44)20-24-10-12-25(57)13-11-24)40(65)54-18-6-9-32(54)41(66)53-17-5-8-31(53)38(63)51-30(21-55)37(62)48-27(7-4-16-47-43(45)46)36(61)49-28(42(67)68)14-15-33(58)59/h10-13,22-23,26-32,34,55-57H,4-9,14-21,44H2,1-3H3,(H,48,62)(H,49,61)(H,50,64)(H,51,63)(H,52,60)(H,58,59)(H,67,68)(H4,45,46,47). The molecule has 68 heavy (non-hydrogen) atoms. The molecule has 3 rings (SSSR count). The first-order valence-electron chi connectivity index (χ1n) is 22.5. The summed E-state index contributed by atoms with van der Waals surface area (Å²) in [6.07, 6.45) is -1.21. The fraction of sp³-hybridized carbons (Fsp3) is 0.628. The Labute approximate surface area is 393 Å². The van der Waals surface area contributed by atoms with Crippen molar-refractivity contribution in [2.24, 2.45) is 28.1 Å². The van der Waals surface area contributed by atoms with Crippen molar-refractivity contribution in [3.63, 3.8) is 0 Å². The number of phenols is 1. The number of rotatable bonds is 26. The largest absolute Gasteiger partial charge is 0.508 e. The minimum atomic E-state index is -1.66. The number of nitrogens with zero attached hydrogens (tertiary/aromatic N) is 3. The summed E-state index contributed by atoms with van der Waals surface area (Å²) in [4.78, 5) is 125. The van der Waals surface area contributed by atoms with Crippen LogP contribution in [-0.4, -0.2) is 175 Å². The van der Waals surface area contributed by atoms with Crippen molar-refractivity contribution in [1.29, 1.82) is 0 Å². The van der Waals surface area contributed by atoms with E-state index in [1.54, 1.807) is 12.1 Å². The molecule has 378 valence electrons. The molecule has 2 heterocycles. The number of guanidine groups is 1. The number of hydrogen-bond acceptors (Lipinski definition) is 14. The van der Waals surface area contributed by atoms with E-state index in [4.69, 9.17) is 22.3 Å². The van der Waals surface area contributed by atoms with Gasteiger partial charge in [0.25, 0.3) is 0 Å². The first-order valence-corrected chi connectivity index (χ1v) is 22.5. The Bertz CT molecular complexity index is 1980. The van der Waals surface area contributed by atoms with Crippen LogP contribution in [0, 0.1) is 5.92 Å². The summed E-state index contributed by atoms with van der Waals surface area (Å²) in [5.74, 6) is -8.88. The van der Waals surface area contributed by atoms with Crippen molar-refractivity contribution in [1.82, 2.24) is 36.4 Å². The van der Waals surface area contributed by atoms with Gasteiger partial charge in [-0.1, -0.05) is 26.0 Å². The maximum absolute atomic E-state index is 14.3. The summed E-state index contributed by atoms with van der Waals surface area (Å²) < 4.78 is 0. The summed E-state index contributed by atoms with van der Waals surface area (Å²) in [6, 6.07) is -4.76. The number of aliphatic imine (C=N–C) groups is 1. The van der Waals surface area contributed by atoms with E-state index in [1.807, 2.05) is 13.8 Å². The summed E-state index contributed by atoms with van der Waals surface area (Å²) in [5, 5.41) is 61.0. The van der Waals surface area contributed by atoms with E-state index in [0.29, 0.717) is 18.4 Å². The van der Waals surface area contributed by atoms with Crippen molar-refractivity contribution < 1.29 is 68.7 Å². The smallest absolute Gasteiger partial charge is 0.326 e. The van der Waals surface area contributed by atoms with E-state index in [-0.39, 0.29) is 75.8 Å². The molecule has 25 heteroatoms. The van der Waals surface area contributed by atoms with Crippen LogP contribution in [0.25, 0.3) is 0 Å². The molecule has 0 saturated carbocycles. The van der Waals surface area contributed by atoms with E-state index in [1.165, 1.54) is 28.9 Å². The van der Waals surface area contributed by atoms with Crippen molar-refractivity contribution in [2.75, 3.05) is 26.2 Å². The minimum absolute atomic E-state index is 0.00930. The predicted octanol–water partition coefficient (Wildman–Crippen LogP) is -3.91. The van der Waals surface area contributed by atoms with Gasteiger partial charge < -0.3 is 79.1 Å². The molecule has 0 aliphatic carbocycles. The number of carbonyl (C=O) groups excluding carboxylic acids is 7. The number of nitrogens with one attached hydrogen (secondary N) is 5. The van der Waals surface area contributed by atoms with E-state index in [9.17, 15) is 63.6 Å². The second-order valence-corrected chi connectivity index (χ2v) is 17.4. The molecule has 7 amide bonds. The fourth-order valence-electron chi connectivity index (χ4n) is 7.88. The molecule has 2 aliphatic heterocycles. The number of aromatic hydroxyl groups is 1. The molecular formula is C43H67N11O14. The molecule has 2 aliphatic rings. The minimum Gasteiger partial charge on any atom is -0.508 e. The van der Waals surface area contributed by atoms with E-state index in [0.717, 1.165) is 0 Å². The summed E-state index contributed by atoms with van der Waals surface area (Å²) in [6.45, 7) is 4.19. The van der Waals surface area contributed by atoms with E-state index in [2.05, 4.69) is 31.6 Å². The maximum atomic E-state index is 14.3. The van der Waals surface area contributed by atoms with Crippen LogP contribution in [0.4, 0.5) is 0 Å². The molecule has 0 aromatic heterocycles. The monoisotopic (exact) mass is 961 g/mol. The van der Waals surface area contributed by atoms with Crippen LogP contribution in [0.5, 0.6) is 5.75 Å². The van der Waals surface area contributed by atoms with Crippen LogP contribution >= 0.6 is 0 Å². The van der Waals surface area contributed by atoms with Crippen LogP contribution in [0.2, 0.25) is 0 Å². The van der Waals surface area contributed by atoms with Gasteiger partial charge >= 0.3 is 11.9 Å². The lowest BCUT2D eigenvalue weighted by atomic mass is 10.0. The number of benzene rings is 1. The van der Waals surface area contributed by atoms with Gasteiger partial charge in [-0.3, -0.25) is 43.3 Å². The molecular weight excluding hydrogens is 895 g/mol. The Kier molecular flexibility index (Phi) is 21.9. The molecule has 2 saturated heterocycles. The average molecular weight is 962 g/mol. The number of phenolic OH excluding ortho intramolecular Hbond substituents is 1. The number of aliphatic hydroxyl groups is 2. The van der Waals surface area contributed by atoms with Crippen LogP contribution in [0.15, 0.2) is 29.3 Å². The Morgan fingerprint density at radius 3 is 1.91 bits per heavy atom. The van der Waals surface area contributed by atoms with Gasteiger partial charge in [0, 0.05) is 26.1 Å². The Hall–Kier alpha value is -6.60. The molecule has 1 aromatic carbocycles. The van der Waals surface area contributed by atoms with Gasteiger partial charge in [-0.2, -0.15) is 0 Å². The molecule has 9 atom stereocenters. The summed E-state index contributed by atoms with van der Waals surface area (Å²) in [5.41, 5.74) is 17.5. The van der Waals surface area contributed by atoms with Gasteiger partial charge in [-0.25, -0.2) is 4.79 Å². The fourth-order valence-corrected chi connectivity index (χ4v) is 7.88. The quantitative estimate of drug-likeness (QED) is 0.0240. The molecule has 9 unspecified atom stereocenters. The highest BCUT2D eigenvalue weighted by Crippen LogP contribution is 2.27. The molecule has 0 radical (unpaired) electrons. The Balaban J connectivity index is 1.73. The number of likely N-dealkylation sites (tertiary alicyclic amines) is 2. The third-order valence-corrected chi connectivity index (χ3v) is 11.4. The predicted molar refractivity (Wildman–Crippen MR) is 242 cm³/mol. The number of aliphatic carboxylic acids is 2. The Morgan fingerprint density at radius 2 is 1.34 bits per heavy atom. The van der Waals surface area contributed by atoms with Crippen LogP contribution in [0.1, 0.15) is 84.1 Å². The van der Waals surface area contributed by atoms with Crippen molar-refractivity contribution in [2.45, 2.75) is 139 Å². The third-order valence-electron chi connectivity index (χ3n) is 11.4. The zero-order chi connectivity index (χ0) is 50.8. The first-order chi connectivity index (χ1) is 32.0. The normalized spacial score (nSPS) is 18.8. The zero-order valence-corrected chi connectivity index (χ0v) is 38.5. The number of carboxylic acid groups (broad SMARTS) is 2. The number of nitrogens with two attached hydrogens (primary N) is 3. The molecule has 0 bridgehead atoms. The molecule has 2 fully saturated rings. The second-order valence-electron chi connectivity index (χ2n) is 17.4. The van der Waals surface area contributed by atoms with E-state index < -0.39 is 127 Å². The zero-order valence-electron chi connectivity index (χ0n) is 38.5. The van der Waals surface area contributed by atoms with Crippen molar-refractivity contribution in [3.05, 3.63) is 29.8 Å². The maximum Gasteiger partial charge on any atom is 0.326 e. The molecule has 0 spiro atoms. The van der Waals surface area contributed by atoms with E-state index >= 15 is 0 Å². The first kappa shape index (κ1) is 55.7. The highest BCUT2D eigenvalue weighted by atomic mass is 16.4. The van der Waals surface area contributed by atoms with Gasteiger partial charge in [0.05, 0.1) is 18.8 Å². The molecule has 16 N–H and O–H groups in total. The molecule has 25 nitrogen and oxygen atoms in total. The lowest BCUT2D eigenvalue weighted by Crippen LogP contribution is -2.61. The third kappa shape index (κ3) is 16.9. The highest BCUT2D eigenvalue weighted by Gasteiger charge is 2.45. The number of hydrogen-bond donors (Lipinski definition) is 13. The lowest BCUT2D eigenvalue weighted by Gasteiger charge is -2.34. The van der Waals surface area contributed by atoms with Gasteiger partial charge in [0.2, 0.25) is 41.4 Å². The van der Waals surface area contributed by atoms with Crippen molar-refractivity contribution >= 4 is 59.2 Å². The van der Waals surface area contributed by atoms with Crippen LogP contribution < -0.4 is 43.8 Å². The topological polar surface area (TPSA) is 412 Å². The number of carboxylic acids is 2. The van der Waals surface area contributed by atoms with Crippen LogP contribution in [0.3, 0.4) is 0 Å². The van der Waals surface area contributed by atoms with Gasteiger partial charge in [-0.05, 0) is 88.3 Å². The number of aliphatic hydroxyl groups excluding tert-OH is 2. The van der Waals surface area contributed by atoms with Gasteiger partial charge in [0.15, 0.2) is 5.96 Å². The highest BCUT2D eigenvalue weighted by molar-refractivity contribution is 5.98. The second kappa shape index (κ2) is 26.7. The summed E-state index contributed by atoms with van der Waals surface area (Å²) >= 11 is 0. The Morgan fingerprint density at radius 1 is 0.750 bits per heavy atom. The average Bonchev–Trinajstić information content (AvgIpc) is 3.98. The van der Waals surface area contributed by atoms with Crippen LogP contribution in [-0.2, 0) is 49.6 Å². The van der Waals surface area contributed by atoms with Gasteiger partial charge in [-0.15, -0.1) is 0 Å². The van der Waals surface area contributed by atoms with Crippen molar-refractivity contribution in [3.8, 4) is 5.75 Å².